The first-order valence-electron chi connectivity index (χ1n) is 7.47. The molecule has 0 radical (unpaired) electrons. The summed E-state index contributed by atoms with van der Waals surface area (Å²) in [6.07, 6.45) is 3.66. The predicted molar refractivity (Wildman–Crippen MR) is 71.3 cm³/mol. The van der Waals surface area contributed by atoms with Crippen LogP contribution < -0.4 is 5.32 Å². The highest BCUT2D eigenvalue weighted by Gasteiger charge is 2.35. The largest absolute Gasteiger partial charge is 0.340 e. The van der Waals surface area contributed by atoms with E-state index < -0.39 is 0 Å². The molecule has 0 spiro atoms. The Morgan fingerprint density at radius 1 is 1.22 bits per heavy atom. The van der Waals surface area contributed by atoms with Crippen molar-refractivity contribution in [1.82, 2.24) is 15.1 Å². The number of hydrogen-bond donors (Lipinski definition) is 1. The van der Waals surface area contributed by atoms with E-state index in [-0.39, 0.29) is 5.92 Å². The van der Waals surface area contributed by atoms with Crippen LogP contribution in [0.15, 0.2) is 0 Å². The predicted octanol–water partition coefficient (Wildman–Crippen LogP) is 0.539. The number of piperazine rings is 1. The Balaban J connectivity index is 1.59. The van der Waals surface area contributed by atoms with Crippen molar-refractivity contribution in [1.29, 1.82) is 0 Å². The van der Waals surface area contributed by atoms with E-state index in [1.165, 1.54) is 19.4 Å². The molecule has 0 aliphatic carbocycles. The number of nitrogens with one attached hydrogen (secondary N) is 1. The van der Waals surface area contributed by atoms with Crippen LogP contribution in [0, 0.1) is 11.8 Å². The average molecular weight is 251 g/mol. The van der Waals surface area contributed by atoms with Gasteiger partial charge in [0.1, 0.15) is 0 Å². The first kappa shape index (κ1) is 12.4. The van der Waals surface area contributed by atoms with Crippen LogP contribution in [0.25, 0.3) is 0 Å². The van der Waals surface area contributed by atoms with Crippen molar-refractivity contribution in [3.8, 4) is 0 Å². The molecular weight excluding hydrogens is 226 g/mol. The maximum absolute atomic E-state index is 12.6. The van der Waals surface area contributed by atoms with Crippen molar-refractivity contribution >= 4 is 5.91 Å². The lowest BCUT2D eigenvalue weighted by Gasteiger charge is -2.40. The van der Waals surface area contributed by atoms with Gasteiger partial charge in [0.05, 0.1) is 5.92 Å². The number of fused-ring (bicyclic) bond motifs is 1. The van der Waals surface area contributed by atoms with Crippen molar-refractivity contribution < 1.29 is 4.79 Å². The van der Waals surface area contributed by atoms with Gasteiger partial charge in [-0.1, -0.05) is 6.92 Å². The third kappa shape index (κ3) is 2.41. The minimum Gasteiger partial charge on any atom is -0.340 e. The molecule has 0 aromatic heterocycles. The number of piperidine rings is 1. The summed E-state index contributed by atoms with van der Waals surface area (Å²) in [7, 11) is 0. The van der Waals surface area contributed by atoms with E-state index in [2.05, 4.69) is 22.0 Å². The molecule has 18 heavy (non-hydrogen) atoms. The van der Waals surface area contributed by atoms with Crippen molar-refractivity contribution in [3.63, 3.8) is 0 Å². The van der Waals surface area contributed by atoms with E-state index in [0.717, 1.165) is 39.1 Å². The zero-order chi connectivity index (χ0) is 12.5. The van der Waals surface area contributed by atoms with Crippen molar-refractivity contribution in [2.45, 2.75) is 32.2 Å². The second-order valence-electron chi connectivity index (χ2n) is 6.31. The van der Waals surface area contributed by atoms with E-state index in [1.54, 1.807) is 0 Å². The minimum absolute atomic E-state index is 0.224. The van der Waals surface area contributed by atoms with Gasteiger partial charge in [-0.15, -0.1) is 0 Å². The van der Waals surface area contributed by atoms with Crippen LogP contribution in [-0.2, 0) is 4.79 Å². The van der Waals surface area contributed by atoms with Gasteiger partial charge in [0.2, 0.25) is 5.91 Å². The van der Waals surface area contributed by atoms with Crippen LogP contribution in [0.1, 0.15) is 26.2 Å². The van der Waals surface area contributed by atoms with Gasteiger partial charge in [-0.2, -0.15) is 0 Å². The van der Waals surface area contributed by atoms with Crippen molar-refractivity contribution in [2.24, 2.45) is 11.8 Å². The summed E-state index contributed by atoms with van der Waals surface area (Å²) < 4.78 is 0. The molecule has 3 heterocycles. The quantitative estimate of drug-likeness (QED) is 0.739. The maximum Gasteiger partial charge on any atom is 0.227 e. The zero-order valence-electron chi connectivity index (χ0n) is 11.4. The molecule has 3 aliphatic rings. The lowest BCUT2D eigenvalue weighted by Crippen LogP contribution is -2.55. The van der Waals surface area contributed by atoms with Gasteiger partial charge in [-0.05, 0) is 38.3 Å². The number of nitrogens with zero attached hydrogens (tertiary/aromatic N) is 2. The van der Waals surface area contributed by atoms with Gasteiger partial charge in [0, 0.05) is 32.2 Å². The average Bonchev–Trinajstić information content (AvgIpc) is 2.85. The standard InChI is InChI=1S/C14H25N3O/c1-11-7-12(9-15-8-11)14(18)17-6-5-16-4-2-3-13(16)10-17/h11-13,15H,2-10H2,1H3. The SMILES string of the molecule is CC1CNCC(C(=O)N2CCN3CCCC3C2)C1. The highest BCUT2D eigenvalue weighted by Crippen LogP contribution is 2.24. The third-order valence-electron chi connectivity index (χ3n) is 4.82. The van der Waals surface area contributed by atoms with E-state index in [4.69, 9.17) is 0 Å². The highest BCUT2D eigenvalue weighted by molar-refractivity contribution is 5.79. The highest BCUT2D eigenvalue weighted by atomic mass is 16.2. The Hall–Kier alpha value is -0.610. The van der Waals surface area contributed by atoms with Crippen LogP contribution in [-0.4, -0.2) is 61.0 Å². The topological polar surface area (TPSA) is 35.6 Å². The van der Waals surface area contributed by atoms with Crippen LogP contribution >= 0.6 is 0 Å². The monoisotopic (exact) mass is 251 g/mol. The fourth-order valence-electron chi connectivity index (χ4n) is 3.79. The van der Waals surface area contributed by atoms with Gasteiger partial charge < -0.3 is 10.2 Å². The van der Waals surface area contributed by atoms with Crippen molar-refractivity contribution in [3.05, 3.63) is 0 Å². The maximum atomic E-state index is 12.6. The molecular formula is C14H25N3O. The van der Waals surface area contributed by atoms with Crippen LogP contribution in [0.5, 0.6) is 0 Å². The fraction of sp³-hybridized carbons (Fsp3) is 0.929. The Bertz CT molecular complexity index is 320. The van der Waals surface area contributed by atoms with Crippen LogP contribution in [0.4, 0.5) is 0 Å². The smallest absolute Gasteiger partial charge is 0.227 e. The number of amides is 1. The van der Waals surface area contributed by atoms with E-state index in [0.29, 0.717) is 17.9 Å². The summed E-state index contributed by atoms with van der Waals surface area (Å²) in [5.74, 6) is 1.27. The second-order valence-corrected chi connectivity index (χ2v) is 6.31. The van der Waals surface area contributed by atoms with E-state index in [1.807, 2.05) is 0 Å². The molecule has 0 saturated carbocycles. The number of carbonyl (C=O) groups excluding carboxylic acids is 1. The molecule has 0 bridgehead atoms. The van der Waals surface area contributed by atoms with Gasteiger partial charge in [0.15, 0.2) is 0 Å². The number of rotatable bonds is 1. The molecule has 3 unspecified atom stereocenters. The summed E-state index contributed by atoms with van der Waals surface area (Å²) in [5.41, 5.74) is 0. The molecule has 3 aliphatic heterocycles. The summed E-state index contributed by atoms with van der Waals surface area (Å²) in [6, 6.07) is 0.650. The lowest BCUT2D eigenvalue weighted by atomic mass is 9.90. The zero-order valence-corrected chi connectivity index (χ0v) is 11.4. The first-order valence-corrected chi connectivity index (χ1v) is 7.47. The Morgan fingerprint density at radius 3 is 2.94 bits per heavy atom. The summed E-state index contributed by atoms with van der Waals surface area (Å²) in [4.78, 5) is 17.3. The molecule has 3 rings (SSSR count). The Labute approximate surface area is 110 Å². The molecule has 4 heteroatoms. The number of hydrogen-bond acceptors (Lipinski definition) is 3. The Morgan fingerprint density at radius 2 is 2.11 bits per heavy atom. The van der Waals surface area contributed by atoms with Crippen LogP contribution in [0.3, 0.4) is 0 Å². The molecule has 0 aromatic rings. The first-order chi connectivity index (χ1) is 8.74. The molecule has 3 atom stereocenters. The summed E-state index contributed by atoms with van der Waals surface area (Å²) in [5, 5.41) is 3.39. The van der Waals surface area contributed by atoms with Gasteiger partial charge in [0.25, 0.3) is 0 Å². The number of carbonyl (C=O) groups is 1. The van der Waals surface area contributed by atoms with E-state index >= 15 is 0 Å². The van der Waals surface area contributed by atoms with Gasteiger partial charge in [-0.3, -0.25) is 9.69 Å². The summed E-state index contributed by atoms with van der Waals surface area (Å²) in [6.45, 7) is 8.44. The molecule has 0 aromatic carbocycles. The second kappa shape index (κ2) is 5.17. The third-order valence-corrected chi connectivity index (χ3v) is 4.82. The Kier molecular flexibility index (Phi) is 3.57. The molecule has 102 valence electrons. The minimum atomic E-state index is 0.224. The normalized spacial score (nSPS) is 37.6. The molecule has 3 saturated heterocycles. The fourth-order valence-corrected chi connectivity index (χ4v) is 3.79. The van der Waals surface area contributed by atoms with Crippen molar-refractivity contribution in [2.75, 3.05) is 39.3 Å². The van der Waals surface area contributed by atoms with E-state index in [9.17, 15) is 4.79 Å². The van der Waals surface area contributed by atoms with Gasteiger partial charge in [-0.25, -0.2) is 0 Å². The van der Waals surface area contributed by atoms with Crippen LogP contribution in [0.2, 0.25) is 0 Å². The molecule has 1 amide bonds. The summed E-state index contributed by atoms with van der Waals surface area (Å²) >= 11 is 0. The molecule has 3 fully saturated rings. The van der Waals surface area contributed by atoms with Gasteiger partial charge >= 0.3 is 0 Å². The lowest BCUT2D eigenvalue weighted by molar-refractivity contribution is -0.139. The molecule has 4 nitrogen and oxygen atoms in total. The molecule has 1 N–H and O–H groups in total.